The number of rotatable bonds is 7. The minimum absolute atomic E-state index is 0.0228. The number of aromatic amines is 1. The van der Waals surface area contributed by atoms with Crippen molar-refractivity contribution in [2.24, 2.45) is 9.98 Å². The van der Waals surface area contributed by atoms with Gasteiger partial charge in [0.25, 0.3) is 11.4 Å². The Hall–Kier alpha value is -8.63. The summed E-state index contributed by atoms with van der Waals surface area (Å²) in [5, 5.41) is 25.0. The summed E-state index contributed by atoms with van der Waals surface area (Å²) in [6.07, 6.45) is 12.2. The number of benzene rings is 5. The number of fused-ring (bicyclic) bond motifs is 6. The van der Waals surface area contributed by atoms with E-state index in [0.717, 1.165) is 83.9 Å². The number of nitrogens with one attached hydrogen (secondary N) is 1. The van der Waals surface area contributed by atoms with Crippen molar-refractivity contribution in [3.05, 3.63) is 269 Å². The zero-order valence-corrected chi connectivity index (χ0v) is 34.2. The second-order valence-electron chi connectivity index (χ2n) is 15.5. The summed E-state index contributed by atoms with van der Waals surface area (Å²) >= 11 is 0. The smallest absolute Gasteiger partial charge is 0.269 e. The molecule has 3 aliphatic rings. The van der Waals surface area contributed by atoms with E-state index in [2.05, 4.69) is 103 Å². The molecule has 7 aromatic rings. The van der Waals surface area contributed by atoms with Crippen molar-refractivity contribution in [2.75, 3.05) is 0 Å². The van der Waals surface area contributed by atoms with E-state index in [4.69, 9.17) is 9.98 Å². The first-order valence-electron chi connectivity index (χ1n) is 20.4. The third-order valence-electron chi connectivity index (χ3n) is 11.5. The van der Waals surface area contributed by atoms with E-state index in [1.165, 1.54) is 24.3 Å². The Labute approximate surface area is 361 Å². The molecule has 302 valence electrons. The molecular weight excluding hydrogens is 785 g/mol. The number of nitro groups is 2. The highest BCUT2D eigenvalue weighted by Crippen LogP contribution is 2.40. The van der Waals surface area contributed by atoms with Crippen LogP contribution in [0.4, 0.5) is 11.4 Å². The molecule has 10 nitrogen and oxygen atoms in total. The third-order valence-corrected chi connectivity index (χ3v) is 11.5. The molecule has 0 amide bonds. The van der Waals surface area contributed by atoms with Crippen molar-refractivity contribution < 1.29 is 14.4 Å². The van der Waals surface area contributed by atoms with Gasteiger partial charge in [0, 0.05) is 69.4 Å². The van der Waals surface area contributed by atoms with Crippen molar-refractivity contribution in [1.29, 1.82) is 0 Å². The first kappa shape index (κ1) is 38.6. The minimum Gasteiger partial charge on any atom is -0.354 e. The maximum atomic E-state index is 11.8. The lowest BCUT2D eigenvalue weighted by atomic mass is 9.87. The van der Waals surface area contributed by atoms with E-state index in [9.17, 15) is 20.2 Å². The van der Waals surface area contributed by atoms with E-state index in [-0.39, 0.29) is 11.4 Å². The van der Waals surface area contributed by atoms with Crippen LogP contribution in [0.5, 0.6) is 0 Å². The number of nitrogens with zero attached hydrogens (tertiary/aromatic N) is 5. The standard InChI is InChI=1S/C53H37N6O4/c1-33-9-13-35(14-10-33)49-41-7-6-8-42(53(41)57-31-4-3-5-32-57)50(36-15-11-34(2)12-16-36)44-26-28-46(55-44)52(38-19-23-40(24-20-38)59(62)63)48-30-29-47(56-48)51(45-27-25-43(49)54-45)37-17-21-39(22-18-37)58(60)61/h3-32,56H,1-2H3/q+1. The molecule has 5 heterocycles. The van der Waals surface area contributed by atoms with E-state index < -0.39 is 9.85 Å². The molecule has 0 fully saturated rings. The number of aromatic nitrogens is 2. The summed E-state index contributed by atoms with van der Waals surface area (Å²) in [4.78, 5) is 37.3. The molecule has 0 saturated heterocycles. The van der Waals surface area contributed by atoms with Gasteiger partial charge in [-0.25, -0.2) is 9.98 Å². The summed E-state index contributed by atoms with van der Waals surface area (Å²) in [7, 11) is 0. The fourth-order valence-electron chi connectivity index (χ4n) is 8.45. The Morgan fingerprint density at radius 3 is 1.27 bits per heavy atom. The van der Waals surface area contributed by atoms with Gasteiger partial charge in [-0.15, -0.1) is 0 Å². The molecule has 1 N–H and O–H groups in total. The van der Waals surface area contributed by atoms with Crippen LogP contribution in [-0.2, 0) is 0 Å². The first-order chi connectivity index (χ1) is 30.7. The van der Waals surface area contributed by atoms with Crippen molar-refractivity contribution in [1.82, 2.24) is 4.98 Å². The average molecular weight is 822 g/mol. The lowest BCUT2D eigenvalue weighted by molar-refractivity contribution is -0.596. The van der Waals surface area contributed by atoms with Gasteiger partial charge >= 0.3 is 0 Å². The number of hydrogen-bond donors (Lipinski definition) is 1. The number of hydrogen-bond acceptors (Lipinski definition) is 6. The number of nitro benzene ring substituents is 2. The number of aryl methyl sites for hydroxylation is 2. The maximum Gasteiger partial charge on any atom is 0.269 e. The van der Waals surface area contributed by atoms with E-state index in [1.54, 1.807) is 24.3 Å². The van der Waals surface area contributed by atoms with Gasteiger partial charge in [0.15, 0.2) is 12.4 Å². The van der Waals surface area contributed by atoms with Gasteiger partial charge in [-0.05, 0) is 109 Å². The fraction of sp³-hybridized carbons (Fsp3) is 0.0377. The third kappa shape index (κ3) is 7.15. The van der Waals surface area contributed by atoms with Crippen molar-refractivity contribution >= 4 is 45.1 Å². The quantitative estimate of drug-likeness (QED) is 0.0976. The zero-order valence-electron chi connectivity index (χ0n) is 34.2. The number of non-ortho nitro benzene ring substituents is 2. The second kappa shape index (κ2) is 15.8. The molecule has 63 heavy (non-hydrogen) atoms. The van der Waals surface area contributed by atoms with Crippen LogP contribution >= 0.6 is 0 Å². The normalized spacial score (nSPS) is 14.3. The van der Waals surface area contributed by atoms with E-state index in [1.807, 2.05) is 54.6 Å². The number of aliphatic imine (C=N–C) groups is 2. The Balaban J connectivity index is 1.38. The minimum atomic E-state index is -0.410. The van der Waals surface area contributed by atoms with Gasteiger partial charge in [-0.3, -0.25) is 20.2 Å². The molecule has 0 spiro atoms. The number of H-pyrrole nitrogens is 1. The van der Waals surface area contributed by atoms with Crippen molar-refractivity contribution in [3.8, 4) is 5.69 Å². The summed E-state index contributed by atoms with van der Waals surface area (Å²) in [6, 6.07) is 46.3. The molecule has 10 rings (SSSR count). The summed E-state index contributed by atoms with van der Waals surface area (Å²) in [5.41, 5.74) is 14.5. The van der Waals surface area contributed by atoms with Gasteiger partial charge in [0.05, 0.1) is 43.8 Å². The predicted octanol–water partition coefficient (Wildman–Crippen LogP) is 9.38. The molecule has 0 atom stereocenters. The SMILES string of the molecule is Cc1ccc(C2=C3C=CC(=N3)C(c3ccc([N+](=O)[O-])cc3)=c3ccc([nH]3)=C(c3ccc([N+](=O)[O-])cc3)C3=NC(=C(c4ccc(C)cc4)c4cccc2c4-[n+]2ccccc2)C=C3)cc1. The van der Waals surface area contributed by atoms with Crippen LogP contribution in [0.2, 0.25) is 0 Å². The molecule has 0 saturated carbocycles. The largest absolute Gasteiger partial charge is 0.354 e. The molecule has 8 bridgehead atoms. The first-order valence-corrected chi connectivity index (χ1v) is 20.4. The lowest BCUT2D eigenvalue weighted by Gasteiger charge is -2.18. The Morgan fingerprint density at radius 2 is 0.857 bits per heavy atom. The van der Waals surface area contributed by atoms with Crippen LogP contribution in [-0.4, -0.2) is 26.3 Å². The Kier molecular flexibility index (Phi) is 9.65. The fourth-order valence-corrected chi connectivity index (χ4v) is 8.45. The van der Waals surface area contributed by atoms with E-state index >= 15 is 0 Å². The molecule has 5 aromatic carbocycles. The number of para-hydroxylation sites is 1. The highest BCUT2D eigenvalue weighted by Gasteiger charge is 2.30. The highest BCUT2D eigenvalue weighted by molar-refractivity contribution is 6.31. The summed E-state index contributed by atoms with van der Waals surface area (Å²) < 4.78 is 2.15. The molecule has 0 unspecified atom stereocenters. The lowest BCUT2D eigenvalue weighted by Crippen LogP contribution is -2.32. The molecule has 0 radical (unpaired) electrons. The van der Waals surface area contributed by atoms with Crippen LogP contribution in [0.3, 0.4) is 0 Å². The molecule has 0 aliphatic carbocycles. The van der Waals surface area contributed by atoms with Crippen molar-refractivity contribution in [3.63, 3.8) is 0 Å². The highest BCUT2D eigenvalue weighted by atomic mass is 16.6. The molecule has 10 heteroatoms. The average Bonchev–Trinajstić information content (AvgIpc) is 4.10. The molecule has 2 aromatic heterocycles. The van der Waals surface area contributed by atoms with Gasteiger partial charge < -0.3 is 4.98 Å². The maximum absolute atomic E-state index is 11.8. The monoisotopic (exact) mass is 821 g/mol. The van der Waals surface area contributed by atoms with Crippen molar-refractivity contribution in [2.45, 2.75) is 13.8 Å². The van der Waals surface area contributed by atoms with Gasteiger partial charge in [-0.2, -0.15) is 4.57 Å². The zero-order chi connectivity index (χ0) is 43.2. The van der Waals surface area contributed by atoms with Gasteiger partial charge in [0.2, 0.25) is 5.69 Å². The Morgan fingerprint density at radius 1 is 0.460 bits per heavy atom. The van der Waals surface area contributed by atoms with Crippen LogP contribution in [0.25, 0.3) is 28.0 Å². The molecule has 3 aliphatic heterocycles. The number of pyridine rings is 1. The summed E-state index contributed by atoms with van der Waals surface area (Å²) in [5.74, 6) is 0. The topological polar surface area (TPSA) is 131 Å². The summed E-state index contributed by atoms with van der Waals surface area (Å²) in [6.45, 7) is 4.14. The number of allylic oxidation sites excluding steroid dienone is 4. The molecular formula is C53H37N6O4+. The van der Waals surface area contributed by atoms with Crippen LogP contribution in [0.1, 0.15) is 44.5 Å². The van der Waals surface area contributed by atoms with Gasteiger partial charge in [-0.1, -0.05) is 71.8 Å². The predicted molar refractivity (Wildman–Crippen MR) is 247 cm³/mol. The van der Waals surface area contributed by atoms with Gasteiger partial charge in [0.1, 0.15) is 0 Å². The second-order valence-corrected chi connectivity index (χ2v) is 15.5. The van der Waals surface area contributed by atoms with Crippen LogP contribution in [0, 0.1) is 34.1 Å². The Bertz CT molecular complexity index is 3150. The van der Waals surface area contributed by atoms with E-state index in [0.29, 0.717) is 22.1 Å². The van der Waals surface area contributed by atoms with Crippen LogP contribution in [0.15, 0.2) is 204 Å². The van der Waals surface area contributed by atoms with Crippen LogP contribution < -0.4 is 15.3 Å².